The number of aryl methyl sites for hydroxylation is 2. The van der Waals surface area contributed by atoms with Gasteiger partial charge in [0.25, 0.3) is 0 Å². The molecule has 0 aliphatic rings. The molecule has 0 aliphatic carbocycles. The fourth-order valence-electron chi connectivity index (χ4n) is 2.47. The molecule has 0 saturated carbocycles. The van der Waals surface area contributed by atoms with Gasteiger partial charge in [0.2, 0.25) is 5.91 Å². The molecule has 114 valence electrons. The summed E-state index contributed by atoms with van der Waals surface area (Å²) in [6.45, 7) is 3.82. The van der Waals surface area contributed by atoms with E-state index in [0.717, 1.165) is 17.0 Å². The molecule has 0 spiro atoms. The summed E-state index contributed by atoms with van der Waals surface area (Å²) in [5.41, 5.74) is 4.37. The highest BCUT2D eigenvalue weighted by Crippen LogP contribution is 2.17. The minimum atomic E-state index is -0.514. The lowest BCUT2D eigenvalue weighted by molar-refractivity contribution is -0.115. The summed E-state index contributed by atoms with van der Waals surface area (Å²) in [4.78, 5) is 25.9. The standard InChI is InChI=1S/C15H16N4O3/c1-8-11(9(2)19(3)18-8)7-14(20)16-10-4-5-13-12(6-10)17-15(21)22-13/h4-6H,7H2,1-3H3,(H,16,20)(H,17,21). The molecule has 0 atom stereocenters. The van der Waals surface area contributed by atoms with Crippen molar-refractivity contribution in [2.24, 2.45) is 7.05 Å². The lowest BCUT2D eigenvalue weighted by Crippen LogP contribution is -2.15. The van der Waals surface area contributed by atoms with Crippen LogP contribution in [0.25, 0.3) is 11.1 Å². The van der Waals surface area contributed by atoms with E-state index in [4.69, 9.17) is 4.42 Å². The topological polar surface area (TPSA) is 92.9 Å². The van der Waals surface area contributed by atoms with Gasteiger partial charge in [0.15, 0.2) is 5.58 Å². The number of oxazole rings is 1. The molecule has 7 nitrogen and oxygen atoms in total. The highest BCUT2D eigenvalue weighted by molar-refractivity contribution is 5.94. The van der Waals surface area contributed by atoms with Gasteiger partial charge in [-0.25, -0.2) is 4.79 Å². The largest absolute Gasteiger partial charge is 0.417 e. The zero-order valence-corrected chi connectivity index (χ0v) is 12.6. The summed E-state index contributed by atoms with van der Waals surface area (Å²) in [7, 11) is 1.85. The molecule has 0 aliphatic heterocycles. The summed E-state index contributed by atoms with van der Waals surface area (Å²) < 4.78 is 6.69. The Morgan fingerprint density at radius 3 is 2.86 bits per heavy atom. The Kier molecular flexibility index (Phi) is 3.32. The third-order valence-corrected chi connectivity index (χ3v) is 3.70. The zero-order chi connectivity index (χ0) is 15.9. The maximum atomic E-state index is 12.2. The predicted molar refractivity (Wildman–Crippen MR) is 81.9 cm³/mol. The van der Waals surface area contributed by atoms with Crippen LogP contribution in [-0.2, 0) is 18.3 Å². The van der Waals surface area contributed by atoms with Gasteiger partial charge in [0, 0.05) is 24.0 Å². The number of H-pyrrole nitrogens is 1. The van der Waals surface area contributed by atoms with Crippen LogP contribution in [0.3, 0.4) is 0 Å². The van der Waals surface area contributed by atoms with E-state index in [1.165, 1.54) is 0 Å². The van der Waals surface area contributed by atoms with Crippen LogP contribution in [0.2, 0.25) is 0 Å². The molecule has 2 heterocycles. The average Bonchev–Trinajstić information content (AvgIpc) is 2.92. The minimum absolute atomic E-state index is 0.135. The fraction of sp³-hybridized carbons (Fsp3) is 0.267. The lowest BCUT2D eigenvalue weighted by Gasteiger charge is -2.05. The number of benzene rings is 1. The van der Waals surface area contributed by atoms with E-state index in [0.29, 0.717) is 16.8 Å². The summed E-state index contributed by atoms with van der Waals surface area (Å²) in [6, 6.07) is 5.00. The van der Waals surface area contributed by atoms with Crippen LogP contribution in [0.4, 0.5) is 5.69 Å². The van der Waals surface area contributed by atoms with Gasteiger partial charge in [-0.15, -0.1) is 0 Å². The Balaban J connectivity index is 1.79. The maximum Gasteiger partial charge on any atom is 0.417 e. The van der Waals surface area contributed by atoms with Crippen LogP contribution in [0, 0.1) is 13.8 Å². The van der Waals surface area contributed by atoms with E-state index >= 15 is 0 Å². The number of carbonyl (C=O) groups is 1. The number of aromatic amines is 1. The molecule has 7 heteroatoms. The van der Waals surface area contributed by atoms with Gasteiger partial charge in [-0.2, -0.15) is 5.10 Å². The van der Waals surface area contributed by atoms with Gasteiger partial charge in [0.05, 0.1) is 17.6 Å². The quantitative estimate of drug-likeness (QED) is 0.769. The van der Waals surface area contributed by atoms with E-state index in [1.54, 1.807) is 22.9 Å². The molecule has 1 aromatic carbocycles. The van der Waals surface area contributed by atoms with E-state index in [1.807, 2.05) is 20.9 Å². The first-order valence-electron chi connectivity index (χ1n) is 6.86. The second-order valence-corrected chi connectivity index (χ2v) is 5.22. The van der Waals surface area contributed by atoms with Crippen molar-refractivity contribution in [2.45, 2.75) is 20.3 Å². The van der Waals surface area contributed by atoms with Crippen molar-refractivity contribution in [2.75, 3.05) is 5.32 Å². The second kappa shape index (κ2) is 5.18. The van der Waals surface area contributed by atoms with Crippen LogP contribution in [-0.4, -0.2) is 20.7 Å². The van der Waals surface area contributed by atoms with Crippen LogP contribution >= 0.6 is 0 Å². The van der Waals surface area contributed by atoms with Crippen LogP contribution in [0.1, 0.15) is 17.0 Å². The van der Waals surface area contributed by atoms with Crippen molar-refractivity contribution in [3.05, 3.63) is 45.7 Å². The number of nitrogens with one attached hydrogen (secondary N) is 2. The predicted octanol–water partition coefficient (Wildman–Crippen LogP) is 1.65. The molecule has 0 radical (unpaired) electrons. The molecule has 1 amide bonds. The fourth-order valence-corrected chi connectivity index (χ4v) is 2.47. The van der Waals surface area contributed by atoms with Gasteiger partial charge in [-0.1, -0.05) is 0 Å². The smallest absolute Gasteiger partial charge is 0.408 e. The number of fused-ring (bicyclic) bond motifs is 1. The number of rotatable bonds is 3. The van der Waals surface area contributed by atoms with Crippen molar-refractivity contribution in [3.63, 3.8) is 0 Å². The van der Waals surface area contributed by atoms with E-state index in [2.05, 4.69) is 15.4 Å². The normalized spacial score (nSPS) is 11.0. The third-order valence-electron chi connectivity index (χ3n) is 3.70. The molecule has 2 aromatic heterocycles. The van der Waals surface area contributed by atoms with Crippen LogP contribution < -0.4 is 11.1 Å². The van der Waals surface area contributed by atoms with Gasteiger partial charge in [0.1, 0.15) is 0 Å². The maximum absolute atomic E-state index is 12.2. The number of amides is 1. The monoisotopic (exact) mass is 300 g/mol. The lowest BCUT2D eigenvalue weighted by atomic mass is 10.1. The molecular formula is C15H16N4O3. The number of carbonyl (C=O) groups excluding carboxylic acids is 1. The first kappa shape index (κ1) is 14.1. The van der Waals surface area contributed by atoms with Crippen molar-refractivity contribution >= 4 is 22.7 Å². The molecule has 0 unspecified atom stereocenters. The number of hydrogen-bond acceptors (Lipinski definition) is 4. The first-order chi connectivity index (χ1) is 10.4. The highest BCUT2D eigenvalue weighted by Gasteiger charge is 2.14. The van der Waals surface area contributed by atoms with Gasteiger partial charge in [-0.3, -0.25) is 14.5 Å². The number of nitrogens with zero attached hydrogens (tertiary/aromatic N) is 2. The molecule has 0 fully saturated rings. The van der Waals surface area contributed by atoms with Crippen molar-refractivity contribution in [1.29, 1.82) is 0 Å². The zero-order valence-electron chi connectivity index (χ0n) is 12.6. The van der Waals surface area contributed by atoms with Gasteiger partial charge in [-0.05, 0) is 32.0 Å². The highest BCUT2D eigenvalue weighted by atomic mass is 16.4. The molecule has 3 aromatic rings. The SMILES string of the molecule is Cc1nn(C)c(C)c1CC(=O)Nc1ccc2oc(=O)[nH]c2c1. The summed E-state index contributed by atoms with van der Waals surface area (Å²) in [5.74, 6) is -0.649. The molecule has 0 bridgehead atoms. The Hall–Kier alpha value is -2.83. The van der Waals surface area contributed by atoms with E-state index in [9.17, 15) is 9.59 Å². The first-order valence-corrected chi connectivity index (χ1v) is 6.86. The van der Waals surface area contributed by atoms with Crippen molar-refractivity contribution < 1.29 is 9.21 Å². The Morgan fingerprint density at radius 2 is 2.18 bits per heavy atom. The van der Waals surface area contributed by atoms with Gasteiger partial charge >= 0.3 is 5.76 Å². The Bertz CT molecular complexity index is 917. The number of anilines is 1. The van der Waals surface area contributed by atoms with Crippen LogP contribution in [0.5, 0.6) is 0 Å². The van der Waals surface area contributed by atoms with Crippen molar-refractivity contribution in [3.8, 4) is 0 Å². The summed E-state index contributed by atoms with van der Waals surface area (Å²) >= 11 is 0. The molecule has 22 heavy (non-hydrogen) atoms. The van der Waals surface area contributed by atoms with E-state index in [-0.39, 0.29) is 12.3 Å². The number of aromatic nitrogens is 3. The molecule has 2 N–H and O–H groups in total. The summed E-state index contributed by atoms with van der Waals surface area (Å²) in [6.07, 6.45) is 0.255. The minimum Gasteiger partial charge on any atom is -0.408 e. The van der Waals surface area contributed by atoms with Gasteiger partial charge < -0.3 is 9.73 Å². The Labute approximate surface area is 125 Å². The average molecular weight is 300 g/mol. The molecule has 3 rings (SSSR count). The number of hydrogen-bond donors (Lipinski definition) is 2. The molecule has 0 saturated heterocycles. The van der Waals surface area contributed by atoms with E-state index < -0.39 is 5.76 Å². The summed E-state index contributed by atoms with van der Waals surface area (Å²) in [5, 5.41) is 7.11. The Morgan fingerprint density at radius 1 is 1.41 bits per heavy atom. The van der Waals surface area contributed by atoms with Crippen molar-refractivity contribution in [1.82, 2.24) is 14.8 Å². The molecular weight excluding hydrogens is 284 g/mol. The second-order valence-electron chi connectivity index (χ2n) is 5.22. The third kappa shape index (κ3) is 2.52. The van der Waals surface area contributed by atoms with Crippen LogP contribution in [0.15, 0.2) is 27.4 Å².